The predicted molar refractivity (Wildman–Crippen MR) is 118 cm³/mol. The Kier molecular flexibility index (Phi) is 5.29. The number of halogens is 1. The highest BCUT2D eigenvalue weighted by Crippen LogP contribution is 2.36. The van der Waals surface area contributed by atoms with E-state index in [0.29, 0.717) is 17.0 Å². The van der Waals surface area contributed by atoms with E-state index in [1.807, 2.05) is 32.0 Å². The molecule has 31 heavy (non-hydrogen) atoms. The maximum Gasteiger partial charge on any atom is 0.282 e. The molecule has 0 aromatic heterocycles. The van der Waals surface area contributed by atoms with Crippen LogP contribution in [-0.2, 0) is 9.59 Å². The fourth-order valence-corrected chi connectivity index (χ4v) is 3.66. The van der Waals surface area contributed by atoms with Crippen molar-refractivity contribution in [3.8, 4) is 5.75 Å². The number of nitrogens with zero attached hydrogens (tertiary/aromatic N) is 1. The van der Waals surface area contributed by atoms with Crippen LogP contribution in [0.25, 0.3) is 5.57 Å². The lowest BCUT2D eigenvalue weighted by Gasteiger charge is -2.16. The summed E-state index contributed by atoms with van der Waals surface area (Å²) in [5.41, 5.74) is 3.35. The number of amides is 2. The Bertz CT molecular complexity index is 1220. The number of hydrogen-bond donors (Lipinski definition) is 1. The molecule has 0 saturated carbocycles. The Morgan fingerprint density at radius 1 is 0.903 bits per heavy atom. The van der Waals surface area contributed by atoms with Gasteiger partial charge in [0.05, 0.1) is 18.4 Å². The van der Waals surface area contributed by atoms with Crippen LogP contribution in [-0.4, -0.2) is 18.9 Å². The first-order valence-corrected chi connectivity index (χ1v) is 9.77. The molecule has 156 valence electrons. The number of imide groups is 1. The lowest BCUT2D eigenvalue weighted by Crippen LogP contribution is -2.33. The largest absolute Gasteiger partial charge is 0.497 e. The Labute approximate surface area is 179 Å². The first kappa shape index (κ1) is 20.3. The summed E-state index contributed by atoms with van der Waals surface area (Å²) in [4.78, 5) is 27.7. The monoisotopic (exact) mass is 416 g/mol. The number of para-hydroxylation sites is 1. The molecule has 1 aliphatic heterocycles. The number of nitrogens with one attached hydrogen (secondary N) is 1. The van der Waals surface area contributed by atoms with Gasteiger partial charge in [-0.15, -0.1) is 0 Å². The first-order chi connectivity index (χ1) is 14.9. The van der Waals surface area contributed by atoms with E-state index < -0.39 is 17.6 Å². The van der Waals surface area contributed by atoms with Gasteiger partial charge in [0.2, 0.25) is 0 Å². The van der Waals surface area contributed by atoms with E-state index in [0.717, 1.165) is 16.0 Å². The summed E-state index contributed by atoms with van der Waals surface area (Å²) < 4.78 is 19.7. The number of ether oxygens (including phenoxy) is 1. The summed E-state index contributed by atoms with van der Waals surface area (Å²) in [7, 11) is 1.56. The highest BCUT2D eigenvalue weighted by Gasteiger charge is 2.41. The molecule has 3 aromatic rings. The van der Waals surface area contributed by atoms with Crippen molar-refractivity contribution in [3.63, 3.8) is 0 Å². The van der Waals surface area contributed by atoms with Crippen LogP contribution in [0.3, 0.4) is 0 Å². The second-order valence-electron chi connectivity index (χ2n) is 7.32. The zero-order valence-corrected chi connectivity index (χ0v) is 17.4. The third-order valence-electron chi connectivity index (χ3n) is 5.19. The molecule has 3 aromatic carbocycles. The van der Waals surface area contributed by atoms with Gasteiger partial charge in [0.25, 0.3) is 11.8 Å². The van der Waals surface area contributed by atoms with E-state index in [2.05, 4.69) is 5.32 Å². The van der Waals surface area contributed by atoms with E-state index in [1.165, 1.54) is 18.2 Å². The van der Waals surface area contributed by atoms with Crippen molar-refractivity contribution in [3.05, 3.63) is 94.9 Å². The lowest BCUT2D eigenvalue weighted by molar-refractivity contribution is -0.120. The van der Waals surface area contributed by atoms with Crippen molar-refractivity contribution in [2.24, 2.45) is 0 Å². The van der Waals surface area contributed by atoms with Gasteiger partial charge in [0.1, 0.15) is 17.3 Å². The molecule has 4 rings (SSSR count). The molecule has 1 heterocycles. The average molecular weight is 416 g/mol. The van der Waals surface area contributed by atoms with E-state index in [9.17, 15) is 14.0 Å². The second kappa shape index (κ2) is 8.07. The molecule has 0 saturated heterocycles. The fraction of sp³-hybridized carbons (Fsp3) is 0.120. The van der Waals surface area contributed by atoms with Crippen molar-refractivity contribution in [2.75, 3.05) is 17.3 Å². The molecular weight excluding hydrogens is 395 g/mol. The lowest BCUT2D eigenvalue weighted by atomic mass is 9.97. The van der Waals surface area contributed by atoms with Gasteiger partial charge in [0, 0.05) is 5.69 Å². The van der Waals surface area contributed by atoms with Crippen molar-refractivity contribution in [1.82, 2.24) is 0 Å². The normalized spacial score (nSPS) is 13.7. The standard InChI is InChI=1S/C25H21FN2O3/c1-15-8-13-19(16(2)14-15)22-23(27-17-9-11-18(31-3)12-10-17)25(30)28(24(22)29)21-7-5-4-6-20(21)26/h4-14,27H,1-3H3. The SMILES string of the molecule is COc1ccc(NC2=C(c3ccc(C)cc3C)C(=O)N(c3ccccc3F)C2=O)cc1. The molecule has 0 fully saturated rings. The molecule has 6 heteroatoms. The summed E-state index contributed by atoms with van der Waals surface area (Å²) >= 11 is 0. The maximum absolute atomic E-state index is 14.5. The van der Waals surface area contributed by atoms with Gasteiger partial charge >= 0.3 is 0 Å². The molecule has 1 aliphatic rings. The van der Waals surface area contributed by atoms with Crippen LogP contribution < -0.4 is 15.0 Å². The summed E-state index contributed by atoms with van der Waals surface area (Å²) in [6.45, 7) is 3.83. The van der Waals surface area contributed by atoms with Crippen LogP contribution >= 0.6 is 0 Å². The molecule has 0 bridgehead atoms. The van der Waals surface area contributed by atoms with Crippen molar-refractivity contribution in [1.29, 1.82) is 0 Å². The molecule has 5 nitrogen and oxygen atoms in total. The van der Waals surface area contributed by atoms with Crippen LogP contribution in [0.4, 0.5) is 15.8 Å². The van der Waals surface area contributed by atoms with E-state index in [1.54, 1.807) is 37.4 Å². The number of rotatable bonds is 5. The van der Waals surface area contributed by atoms with Crippen LogP contribution in [0.2, 0.25) is 0 Å². The molecule has 0 aliphatic carbocycles. The number of carbonyl (C=O) groups is 2. The van der Waals surface area contributed by atoms with Gasteiger partial charge in [-0.2, -0.15) is 0 Å². The summed E-state index contributed by atoms with van der Waals surface area (Å²) in [6, 6.07) is 18.4. The van der Waals surface area contributed by atoms with E-state index in [4.69, 9.17) is 4.74 Å². The molecule has 0 spiro atoms. The summed E-state index contributed by atoms with van der Waals surface area (Å²) in [5, 5.41) is 3.07. The van der Waals surface area contributed by atoms with E-state index >= 15 is 0 Å². The summed E-state index contributed by atoms with van der Waals surface area (Å²) in [5.74, 6) is -1.16. The number of anilines is 2. The second-order valence-corrected chi connectivity index (χ2v) is 7.32. The molecule has 2 amide bonds. The third-order valence-corrected chi connectivity index (χ3v) is 5.19. The smallest absolute Gasteiger partial charge is 0.282 e. The van der Waals surface area contributed by atoms with Crippen molar-refractivity contribution >= 4 is 28.8 Å². The first-order valence-electron chi connectivity index (χ1n) is 9.77. The number of aryl methyl sites for hydroxylation is 2. The average Bonchev–Trinajstić information content (AvgIpc) is 2.99. The minimum Gasteiger partial charge on any atom is -0.497 e. The molecule has 1 N–H and O–H groups in total. The van der Waals surface area contributed by atoms with Gasteiger partial charge in [-0.1, -0.05) is 35.9 Å². The summed E-state index contributed by atoms with van der Waals surface area (Å²) in [6.07, 6.45) is 0. The molecular formula is C25H21FN2O3. The Morgan fingerprint density at radius 3 is 2.26 bits per heavy atom. The van der Waals surface area contributed by atoms with Gasteiger partial charge in [0.15, 0.2) is 0 Å². The Morgan fingerprint density at radius 2 is 1.61 bits per heavy atom. The number of carbonyl (C=O) groups excluding carboxylic acids is 2. The highest BCUT2D eigenvalue weighted by atomic mass is 19.1. The third kappa shape index (κ3) is 3.68. The zero-order valence-electron chi connectivity index (χ0n) is 17.4. The number of hydrogen-bond acceptors (Lipinski definition) is 4. The zero-order chi connectivity index (χ0) is 22.1. The number of methoxy groups -OCH3 is 1. The quantitative estimate of drug-likeness (QED) is 0.604. The molecule has 0 atom stereocenters. The van der Waals surface area contributed by atoms with Gasteiger partial charge in [-0.3, -0.25) is 9.59 Å². The van der Waals surface area contributed by atoms with Gasteiger partial charge in [-0.05, 0) is 61.4 Å². The highest BCUT2D eigenvalue weighted by molar-refractivity contribution is 6.46. The minimum absolute atomic E-state index is 0.0775. The van der Waals surface area contributed by atoms with Crippen LogP contribution in [0.15, 0.2) is 72.4 Å². The van der Waals surface area contributed by atoms with Crippen molar-refractivity contribution < 1.29 is 18.7 Å². The van der Waals surface area contributed by atoms with Crippen molar-refractivity contribution in [2.45, 2.75) is 13.8 Å². The minimum atomic E-state index is -0.644. The predicted octanol–water partition coefficient (Wildman–Crippen LogP) is 4.85. The Hall–Kier alpha value is -3.93. The van der Waals surface area contributed by atoms with Crippen LogP contribution in [0, 0.1) is 19.7 Å². The Balaban J connectivity index is 1.85. The number of benzene rings is 3. The fourth-order valence-electron chi connectivity index (χ4n) is 3.66. The molecule has 0 radical (unpaired) electrons. The van der Waals surface area contributed by atoms with Crippen LogP contribution in [0.1, 0.15) is 16.7 Å². The maximum atomic E-state index is 14.5. The topological polar surface area (TPSA) is 58.6 Å². The van der Waals surface area contributed by atoms with Gasteiger partial charge in [-0.25, -0.2) is 9.29 Å². The molecule has 0 unspecified atom stereocenters. The van der Waals surface area contributed by atoms with Crippen LogP contribution in [0.5, 0.6) is 5.75 Å². The van der Waals surface area contributed by atoms with Gasteiger partial charge < -0.3 is 10.1 Å². The van der Waals surface area contributed by atoms with E-state index in [-0.39, 0.29) is 17.0 Å².